The molecule has 0 saturated carbocycles. The maximum atomic E-state index is 2.33. The molecule has 6 rings (SSSR count). The van der Waals surface area contributed by atoms with Crippen LogP contribution in [-0.2, 0) is 0 Å². The largest absolute Gasteiger partial charge is 0.0616 e. The van der Waals surface area contributed by atoms with Crippen LogP contribution in [0.1, 0.15) is 33.4 Å². The van der Waals surface area contributed by atoms with Crippen LogP contribution in [0.25, 0.3) is 57.0 Å². The predicted molar refractivity (Wildman–Crippen MR) is 167 cm³/mol. The molecule has 0 N–H and O–H groups in total. The Labute approximate surface area is 225 Å². The van der Waals surface area contributed by atoms with Gasteiger partial charge in [-0.15, -0.1) is 0 Å². The van der Waals surface area contributed by atoms with Crippen LogP contribution < -0.4 is 0 Å². The number of aryl methyl sites for hydroxylation is 2. The zero-order chi connectivity index (χ0) is 25.9. The van der Waals surface area contributed by atoms with E-state index in [9.17, 15) is 0 Å². The van der Waals surface area contributed by atoms with Crippen LogP contribution in [0.5, 0.6) is 0 Å². The Hall–Kier alpha value is -4.68. The minimum absolute atomic E-state index is 1.21. The third-order valence-electron chi connectivity index (χ3n) is 7.26. The number of fused-ring (bicyclic) bond motifs is 2. The molecule has 0 heterocycles. The first-order chi connectivity index (χ1) is 18.6. The van der Waals surface area contributed by atoms with Crippen LogP contribution in [0.2, 0.25) is 0 Å². The smallest absolute Gasteiger partial charge is 0.0105 e. The van der Waals surface area contributed by atoms with Gasteiger partial charge in [0.05, 0.1) is 0 Å². The van der Waals surface area contributed by atoms with Crippen LogP contribution in [0.15, 0.2) is 121 Å². The summed E-state index contributed by atoms with van der Waals surface area (Å²) >= 11 is 0. The van der Waals surface area contributed by atoms with Gasteiger partial charge in [0.2, 0.25) is 0 Å². The number of benzene rings is 6. The van der Waals surface area contributed by atoms with Crippen LogP contribution in [0.4, 0.5) is 0 Å². The summed E-state index contributed by atoms with van der Waals surface area (Å²) in [6.45, 7) is 4.34. The fourth-order valence-electron chi connectivity index (χ4n) is 5.04. The van der Waals surface area contributed by atoms with Crippen molar-refractivity contribution in [1.82, 2.24) is 0 Å². The van der Waals surface area contributed by atoms with Gasteiger partial charge >= 0.3 is 0 Å². The third kappa shape index (κ3) is 5.08. The summed E-state index contributed by atoms with van der Waals surface area (Å²) in [7, 11) is 0. The quantitative estimate of drug-likeness (QED) is 0.213. The van der Waals surface area contributed by atoms with Crippen molar-refractivity contribution in [3.05, 3.63) is 155 Å². The van der Waals surface area contributed by atoms with E-state index < -0.39 is 0 Å². The molecular weight excluding hydrogens is 456 g/mol. The Balaban J connectivity index is 1.39. The van der Waals surface area contributed by atoms with Gasteiger partial charge in [-0.25, -0.2) is 0 Å². The lowest BCUT2D eigenvalue weighted by molar-refractivity contribution is 1.42. The zero-order valence-electron chi connectivity index (χ0n) is 21.9. The highest BCUT2D eigenvalue weighted by Crippen LogP contribution is 2.31. The highest BCUT2D eigenvalue weighted by Gasteiger charge is 2.08. The second-order valence-corrected chi connectivity index (χ2v) is 10.0. The fourth-order valence-corrected chi connectivity index (χ4v) is 5.04. The monoisotopic (exact) mass is 486 g/mol. The lowest BCUT2D eigenvalue weighted by Gasteiger charge is -2.12. The molecule has 0 atom stereocenters. The molecule has 0 unspecified atom stereocenters. The van der Waals surface area contributed by atoms with E-state index in [0.717, 1.165) is 0 Å². The second-order valence-electron chi connectivity index (χ2n) is 10.0. The number of hydrogen-bond donors (Lipinski definition) is 0. The predicted octanol–water partition coefficient (Wildman–Crippen LogP) is 10.6. The normalized spacial score (nSPS) is 11.7. The van der Waals surface area contributed by atoms with Gasteiger partial charge in [-0.05, 0) is 92.5 Å². The van der Waals surface area contributed by atoms with Gasteiger partial charge in [0.15, 0.2) is 0 Å². The Morgan fingerprint density at radius 3 is 1.53 bits per heavy atom. The van der Waals surface area contributed by atoms with E-state index >= 15 is 0 Å². The summed E-state index contributed by atoms with van der Waals surface area (Å²) in [6, 6.07) is 43.8. The van der Waals surface area contributed by atoms with Crippen LogP contribution in [-0.4, -0.2) is 0 Å². The maximum absolute atomic E-state index is 2.33. The van der Waals surface area contributed by atoms with E-state index in [2.05, 4.69) is 159 Å². The van der Waals surface area contributed by atoms with Gasteiger partial charge in [-0.2, -0.15) is 0 Å². The average Bonchev–Trinajstić information content (AvgIpc) is 2.96. The molecule has 0 bridgehead atoms. The van der Waals surface area contributed by atoms with E-state index in [4.69, 9.17) is 0 Å². The first-order valence-electron chi connectivity index (χ1n) is 13.2. The lowest BCUT2D eigenvalue weighted by atomic mass is 9.92. The molecule has 6 aromatic rings. The van der Waals surface area contributed by atoms with Crippen molar-refractivity contribution < 1.29 is 0 Å². The van der Waals surface area contributed by atoms with Gasteiger partial charge in [0.1, 0.15) is 0 Å². The summed E-state index contributed by atoms with van der Waals surface area (Å²) in [6.07, 6.45) is 8.94. The minimum Gasteiger partial charge on any atom is -0.0616 e. The Morgan fingerprint density at radius 1 is 0.421 bits per heavy atom. The molecular formula is C38H30. The Kier molecular flexibility index (Phi) is 6.46. The van der Waals surface area contributed by atoms with Crippen molar-refractivity contribution in [3.8, 4) is 11.1 Å². The van der Waals surface area contributed by atoms with Gasteiger partial charge in [0, 0.05) is 0 Å². The molecule has 0 saturated heterocycles. The van der Waals surface area contributed by atoms with E-state index in [-0.39, 0.29) is 0 Å². The third-order valence-corrected chi connectivity index (χ3v) is 7.26. The molecule has 0 heteroatoms. The first-order valence-corrected chi connectivity index (χ1v) is 13.2. The molecule has 0 amide bonds. The van der Waals surface area contributed by atoms with Gasteiger partial charge in [-0.1, -0.05) is 133 Å². The molecule has 0 radical (unpaired) electrons. The van der Waals surface area contributed by atoms with Crippen molar-refractivity contribution in [2.75, 3.05) is 0 Å². The summed E-state index contributed by atoms with van der Waals surface area (Å²) in [5, 5.41) is 5.06. The standard InChI is InChI=1S/C38H30/c1-27-11-17-33(18-12-27)38-26-34(21-15-29-13-19-31-7-3-5-9-35(31)24-29)28(2)23-37(38)22-16-30-14-20-32-8-4-6-10-36(32)25-30/h3-26H,1-2H3/b21-15+,22-16+. The van der Waals surface area contributed by atoms with Crippen molar-refractivity contribution in [1.29, 1.82) is 0 Å². The molecule has 38 heavy (non-hydrogen) atoms. The fraction of sp³-hybridized carbons (Fsp3) is 0.0526. The summed E-state index contributed by atoms with van der Waals surface area (Å²) in [5.41, 5.74) is 9.87. The van der Waals surface area contributed by atoms with Gasteiger partial charge in [0.25, 0.3) is 0 Å². The second kappa shape index (κ2) is 10.4. The van der Waals surface area contributed by atoms with Crippen LogP contribution in [0.3, 0.4) is 0 Å². The Bertz CT molecular complexity index is 1810. The molecule has 0 fully saturated rings. The van der Waals surface area contributed by atoms with Crippen molar-refractivity contribution in [2.45, 2.75) is 13.8 Å². The first kappa shape index (κ1) is 23.7. The van der Waals surface area contributed by atoms with Crippen LogP contribution in [0, 0.1) is 13.8 Å². The van der Waals surface area contributed by atoms with E-state index in [1.807, 2.05) is 0 Å². The highest BCUT2D eigenvalue weighted by atomic mass is 14.1. The van der Waals surface area contributed by atoms with E-state index in [1.54, 1.807) is 0 Å². The molecule has 0 aromatic heterocycles. The molecule has 0 spiro atoms. The molecule has 6 aromatic carbocycles. The van der Waals surface area contributed by atoms with Gasteiger partial charge in [-0.3, -0.25) is 0 Å². The van der Waals surface area contributed by atoms with Crippen molar-refractivity contribution in [3.63, 3.8) is 0 Å². The molecule has 0 nitrogen and oxygen atoms in total. The lowest BCUT2D eigenvalue weighted by Crippen LogP contribution is -1.90. The summed E-state index contributed by atoms with van der Waals surface area (Å²) in [4.78, 5) is 0. The minimum atomic E-state index is 1.21. The van der Waals surface area contributed by atoms with Crippen molar-refractivity contribution >= 4 is 45.8 Å². The van der Waals surface area contributed by atoms with Crippen molar-refractivity contribution in [2.24, 2.45) is 0 Å². The molecule has 0 aliphatic heterocycles. The zero-order valence-corrected chi connectivity index (χ0v) is 21.9. The van der Waals surface area contributed by atoms with E-state index in [1.165, 1.54) is 66.1 Å². The molecule has 0 aliphatic rings. The topological polar surface area (TPSA) is 0 Å². The average molecular weight is 487 g/mol. The van der Waals surface area contributed by atoms with Crippen LogP contribution >= 0.6 is 0 Å². The summed E-state index contributed by atoms with van der Waals surface area (Å²) < 4.78 is 0. The molecule has 0 aliphatic carbocycles. The maximum Gasteiger partial charge on any atom is -0.0105 e. The molecule has 182 valence electrons. The number of hydrogen-bond acceptors (Lipinski definition) is 0. The van der Waals surface area contributed by atoms with E-state index in [0.29, 0.717) is 0 Å². The SMILES string of the molecule is Cc1ccc(-c2cc(/C=C/c3ccc4ccccc4c3)c(C)cc2/C=C/c2ccc3ccccc3c2)cc1. The number of rotatable bonds is 5. The summed E-state index contributed by atoms with van der Waals surface area (Å²) in [5.74, 6) is 0. The van der Waals surface area contributed by atoms with Gasteiger partial charge < -0.3 is 0 Å². The Morgan fingerprint density at radius 2 is 0.947 bits per heavy atom. The highest BCUT2D eigenvalue weighted by molar-refractivity contribution is 5.89.